The number of nitrogens with two attached hydrogens (primary N) is 1. The number of sulfonamides is 1. The van der Waals surface area contributed by atoms with Gasteiger partial charge in [-0.2, -0.15) is 0 Å². The van der Waals surface area contributed by atoms with Gasteiger partial charge < -0.3 is 15.9 Å². The fourth-order valence-electron chi connectivity index (χ4n) is 1.08. The van der Waals surface area contributed by atoms with Crippen molar-refractivity contribution in [3.63, 3.8) is 0 Å². The van der Waals surface area contributed by atoms with Gasteiger partial charge in [-0.15, -0.1) is 0 Å². The van der Waals surface area contributed by atoms with Crippen LogP contribution in [0, 0.1) is 0 Å². The van der Waals surface area contributed by atoms with Crippen LogP contribution in [0.2, 0.25) is 5.02 Å². The first-order chi connectivity index (χ1) is 7.86. The van der Waals surface area contributed by atoms with E-state index in [9.17, 15) is 8.42 Å². The molecule has 0 aromatic heterocycles. The monoisotopic (exact) mass is 280 g/mol. The number of aliphatic hydroxyl groups is 2. The number of hydrogen-bond acceptors (Lipinski definition) is 5. The first kappa shape index (κ1) is 14.2. The minimum absolute atomic E-state index is 0.00371. The first-order valence-electron chi connectivity index (χ1n) is 4.70. The molecule has 0 aliphatic heterocycles. The fraction of sp³-hybridized carbons (Fsp3) is 0.333. The SMILES string of the molecule is Nc1ccc(S(=O)(=O)NCC(O)CO)c(Cl)c1. The summed E-state index contributed by atoms with van der Waals surface area (Å²) in [5.74, 6) is 0. The van der Waals surface area contributed by atoms with E-state index in [1.54, 1.807) is 0 Å². The molecule has 0 aliphatic carbocycles. The van der Waals surface area contributed by atoms with Gasteiger partial charge in [-0.25, -0.2) is 13.1 Å². The molecule has 96 valence electrons. The van der Waals surface area contributed by atoms with Gasteiger partial charge in [-0.3, -0.25) is 0 Å². The van der Waals surface area contributed by atoms with Crippen molar-refractivity contribution in [2.24, 2.45) is 0 Å². The second-order valence-electron chi connectivity index (χ2n) is 3.38. The molecule has 1 aromatic rings. The lowest BCUT2D eigenvalue weighted by Crippen LogP contribution is -2.34. The quantitative estimate of drug-likeness (QED) is 0.546. The molecule has 1 unspecified atom stereocenters. The molecule has 17 heavy (non-hydrogen) atoms. The van der Waals surface area contributed by atoms with E-state index in [-0.39, 0.29) is 16.5 Å². The highest BCUT2D eigenvalue weighted by molar-refractivity contribution is 7.89. The number of benzene rings is 1. The van der Waals surface area contributed by atoms with E-state index < -0.39 is 22.7 Å². The number of hydrogen-bond donors (Lipinski definition) is 4. The maximum atomic E-state index is 11.8. The lowest BCUT2D eigenvalue weighted by Gasteiger charge is -2.11. The summed E-state index contributed by atoms with van der Waals surface area (Å²) in [5.41, 5.74) is 5.79. The summed E-state index contributed by atoms with van der Waals surface area (Å²) in [6, 6.07) is 3.99. The van der Waals surface area contributed by atoms with Crippen molar-refractivity contribution in [3.05, 3.63) is 23.2 Å². The highest BCUT2D eigenvalue weighted by Crippen LogP contribution is 2.23. The highest BCUT2D eigenvalue weighted by Gasteiger charge is 2.18. The molecule has 0 heterocycles. The van der Waals surface area contributed by atoms with Gasteiger partial charge in [0, 0.05) is 12.2 Å². The van der Waals surface area contributed by atoms with E-state index >= 15 is 0 Å². The van der Waals surface area contributed by atoms with E-state index in [0.29, 0.717) is 5.69 Å². The van der Waals surface area contributed by atoms with Crippen molar-refractivity contribution in [2.75, 3.05) is 18.9 Å². The number of anilines is 1. The van der Waals surface area contributed by atoms with Crippen molar-refractivity contribution < 1.29 is 18.6 Å². The molecule has 0 amide bonds. The Bertz CT molecular complexity index is 492. The molecule has 8 heteroatoms. The number of nitrogen functional groups attached to an aromatic ring is 1. The molecule has 0 saturated carbocycles. The Hall–Kier alpha value is -0.860. The van der Waals surface area contributed by atoms with Crippen LogP contribution >= 0.6 is 11.6 Å². The lowest BCUT2D eigenvalue weighted by atomic mass is 10.3. The molecule has 5 N–H and O–H groups in total. The fourth-order valence-corrected chi connectivity index (χ4v) is 2.71. The van der Waals surface area contributed by atoms with Crippen molar-refractivity contribution in [2.45, 2.75) is 11.0 Å². The van der Waals surface area contributed by atoms with E-state index in [4.69, 9.17) is 27.5 Å². The maximum absolute atomic E-state index is 11.8. The third kappa shape index (κ3) is 3.83. The topological polar surface area (TPSA) is 113 Å². The van der Waals surface area contributed by atoms with Gasteiger partial charge in [-0.05, 0) is 18.2 Å². The van der Waals surface area contributed by atoms with Gasteiger partial charge >= 0.3 is 0 Å². The molecule has 0 spiro atoms. The van der Waals surface area contributed by atoms with E-state index in [1.807, 2.05) is 0 Å². The van der Waals surface area contributed by atoms with Gasteiger partial charge in [0.05, 0.1) is 17.7 Å². The molecule has 1 aromatic carbocycles. The third-order valence-electron chi connectivity index (χ3n) is 1.97. The van der Waals surface area contributed by atoms with Gasteiger partial charge in [0.25, 0.3) is 0 Å². The molecule has 0 saturated heterocycles. The standard InChI is InChI=1S/C9H13ClN2O4S/c10-8-3-6(11)1-2-9(8)17(15,16)12-4-7(14)5-13/h1-3,7,12-14H,4-5,11H2. The first-order valence-corrected chi connectivity index (χ1v) is 6.56. The largest absolute Gasteiger partial charge is 0.399 e. The Morgan fingerprint density at radius 3 is 2.65 bits per heavy atom. The van der Waals surface area contributed by atoms with Crippen LogP contribution in [0.15, 0.2) is 23.1 Å². The maximum Gasteiger partial charge on any atom is 0.242 e. The van der Waals surface area contributed by atoms with Gasteiger partial charge in [0.2, 0.25) is 10.0 Å². The van der Waals surface area contributed by atoms with E-state index in [1.165, 1.54) is 18.2 Å². The highest BCUT2D eigenvalue weighted by atomic mass is 35.5. The van der Waals surface area contributed by atoms with Crippen molar-refractivity contribution in [1.82, 2.24) is 4.72 Å². The Morgan fingerprint density at radius 2 is 2.12 bits per heavy atom. The van der Waals surface area contributed by atoms with Crippen LogP contribution < -0.4 is 10.5 Å². The molecule has 6 nitrogen and oxygen atoms in total. The molecule has 1 atom stereocenters. The molecule has 0 aliphatic rings. The zero-order chi connectivity index (χ0) is 13.1. The number of aliphatic hydroxyl groups excluding tert-OH is 2. The van der Waals surface area contributed by atoms with Crippen LogP contribution in [-0.4, -0.2) is 37.9 Å². The molecule has 1 rings (SSSR count). The normalized spacial score (nSPS) is 13.6. The van der Waals surface area contributed by atoms with Crippen LogP contribution in [0.3, 0.4) is 0 Å². The Kier molecular flexibility index (Phi) is 4.72. The summed E-state index contributed by atoms with van der Waals surface area (Å²) in [6.07, 6.45) is -1.16. The predicted octanol–water partition coefficient (Wildman–Crippen LogP) is -0.446. The molecular weight excluding hydrogens is 268 g/mol. The van der Waals surface area contributed by atoms with Crippen LogP contribution in [0.4, 0.5) is 5.69 Å². The Morgan fingerprint density at radius 1 is 1.47 bits per heavy atom. The second-order valence-corrected chi connectivity index (χ2v) is 5.52. The number of nitrogens with one attached hydrogen (secondary N) is 1. The van der Waals surface area contributed by atoms with Gasteiger partial charge in [0.15, 0.2) is 0 Å². The van der Waals surface area contributed by atoms with Gasteiger partial charge in [-0.1, -0.05) is 11.6 Å². The average molecular weight is 281 g/mol. The smallest absolute Gasteiger partial charge is 0.242 e. The second kappa shape index (κ2) is 5.65. The summed E-state index contributed by atoms with van der Waals surface area (Å²) in [5, 5.41) is 17.6. The zero-order valence-electron chi connectivity index (χ0n) is 8.80. The molecular formula is C9H13ClN2O4S. The lowest BCUT2D eigenvalue weighted by molar-refractivity contribution is 0.0988. The number of halogens is 1. The van der Waals surface area contributed by atoms with Crippen molar-refractivity contribution in [1.29, 1.82) is 0 Å². The van der Waals surface area contributed by atoms with Crippen molar-refractivity contribution in [3.8, 4) is 0 Å². The summed E-state index contributed by atoms with van der Waals surface area (Å²) < 4.78 is 25.6. The predicted molar refractivity (Wildman–Crippen MR) is 64.1 cm³/mol. The molecule has 0 radical (unpaired) electrons. The number of rotatable bonds is 5. The van der Waals surface area contributed by atoms with Crippen LogP contribution in [0.5, 0.6) is 0 Å². The third-order valence-corrected chi connectivity index (χ3v) is 3.87. The van der Waals surface area contributed by atoms with E-state index in [0.717, 1.165) is 0 Å². The summed E-state index contributed by atoms with van der Waals surface area (Å²) >= 11 is 5.75. The molecule has 0 bridgehead atoms. The van der Waals surface area contributed by atoms with Gasteiger partial charge in [0.1, 0.15) is 4.90 Å². The Balaban J connectivity index is 2.90. The van der Waals surface area contributed by atoms with E-state index in [2.05, 4.69) is 4.72 Å². The minimum atomic E-state index is -3.82. The van der Waals surface area contributed by atoms with Crippen LogP contribution in [-0.2, 0) is 10.0 Å². The summed E-state index contributed by atoms with van der Waals surface area (Å²) in [4.78, 5) is -0.126. The van der Waals surface area contributed by atoms with Crippen molar-refractivity contribution >= 4 is 27.3 Å². The summed E-state index contributed by atoms with van der Waals surface area (Å²) in [7, 11) is -3.82. The average Bonchev–Trinajstić information content (AvgIpc) is 2.25. The summed E-state index contributed by atoms with van der Waals surface area (Å²) in [6.45, 7) is -0.822. The van der Waals surface area contributed by atoms with Crippen LogP contribution in [0.25, 0.3) is 0 Å². The van der Waals surface area contributed by atoms with Crippen LogP contribution in [0.1, 0.15) is 0 Å². The minimum Gasteiger partial charge on any atom is -0.399 e. The zero-order valence-corrected chi connectivity index (χ0v) is 10.4. The Labute approximate surface area is 104 Å². The molecule has 0 fully saturated rings.